The lowest BCUT2D eigenvalue weighted by Crippen LogP contribution is -2.38. The van der Waals surface area contributed by atoms with E-state index in [1.807, 2.05) is 0 Å². The van der Waals surface area contributed by atoms with E-state index < -0.39 is 0 Å². The SMILES string of the molecule is CCCCCN(C)CC1NCCC1C. The lowest BCUT2D eigenvalue weighted by molar-refractivity contribution is 0.273. The van der Waals surface area contributed by atoms with Gasteiger partial charge in [-0.1, -0.05) is 26.7 Å². The first kappa shape index (κ1) is 12.0. The van der Waals surface area contributed by atoms with E-state index in [1.54, 1.807) is 0 Å². The van der Waals surface area contributed by atoms with E-state index in [9.17, 15) is 0 Å². The summed E-state index contributed by atoms with van der Waals surface area (Å²) in [5, 5.41) is 3.59. The quantitative estimate of drug-likeness (QED) is 0.658. The lowest BCUT2D eigenvalue weighted by atomic mass is 10.0. The Balaban J connectivity index is 2.09. The maximum atomic E-state index is 3.59. The average Bonchev–Trinajstić information content (AvgIpc) is 2.52. The summed E-state index contributed by atoms with van der Waals surface area (Å²) in [5.74, 6) is 0.864. The third-order valence-electron chi connectivity index (χ3n) is 3.34. The zero-order valence-corrected chi connectivity index (χ0v) is 10.1. The Morgan fingerprint density at radius 3 is 2.71 bits per heavy atom. The number of hydrogen-bond acceptors (Lipinski definition) is 2. The maximum Gasteiger partial charge on any atom is 0.0220 e. The van der Waals surface area contributed by atoms with Crippen LogP contribution >= 0.6 is 0 Å². The number of nitrogens with one attached hydrogen (secondary N) is 1. The molecule has 2 unspecified atom stereocenters. The number of rotatable bonds is 6. The molecule has 1 heterocycles. The first-order valence-corrected chi connectivity index (χ1v) is 6.16. The summed E-state index contributed by atoms with van der Waals surface area (Å²) in [7, 11) is 2.25. The van der Waals surface area contributed by atoms with Crippen LogP contribution in [-0.4, -0.2) is 37.6 Å². The minimum absolute atomic E-state index is 0.738. The second kappa shape index (κ2) is 6.41. The average molecular weight is 198 g/mol. The van der Waals surface area contributed by atoms with Crippen LogP contribution in [0.1, 0.15) is 39.5 Å². The molecule has 0 amide bonds. The van der Waals surface area contributed by atoms with Gasteiger partial charge in [0.2, 0.25) is 0 Å². The summed E-state index contributed by atoms with van der Waals surface area (Å²) < 4.78 is 0. The molecule has 1 fully saturated rings. The van der Waals surface area contributed by atoms with Gasteiger partial charge in [-0.05, 0) is 38.9 Å². The van der Waals surface area contributed by atoms with Crippen molar-refractivity contribution in [2.75, 3.05) is 26.7 Å². The van der Waals surface area contributed by atoms with Crippen molar-refractivity contribution in [1.82, 2.24) is 10.2 Å². The predicted octanol–water partition coefficient (Wildman–Crippen LogP) is 2.11. The normalized spacial score (nSPS) is 27.4. The monoisotopic (exact) mass is 198 g/mol. The second-order valence-corrected chi connectivity index (χ2v) is 4.80. The first-order valence-electron chi connectivity index (χ1n) is 6.16. The van der Waals surface area contributed by atoms with Crippen molar-refractivity contribution in [3.63, 3.8) is 0 Å². The van der Waals surface area contributed by atoms with Gasteiger partial charge in [-0.15, -0.1) is 0 Å². The third-order valence-corrected chi connectivity index (χ3v) is 3.34. The molecule has 0 bridgehead atoms. The van der Waals surface area contributed by atoms with Gasteiger partial charge < -0.3 is 10.2 Å². The maximum absolute atomic E-state index is 3.59. The van der Waals surface area contributed by atoms with E-state index >= 15 is 0 Å². The highest BCUT2D eigenvalue weighted by molar-refractivity contribution is 4.82. The van der Waals surface area contributed by atoms with Gasteiger partial charge in [0.1, 0.15) is 0 Å². The zero-order chi connectivity index (χ0) is 10.4. The van der Waals surface area contributed by atoms with Gasteiger partial charge in [-0.3, -0.25) is 0 Å². The molecule has 2 heteroatoms. The van der Waals surface area contributed by atoms with Crippen LogP contribution in [-0.2, 0) is 0 Å². The number of hydrogen-bond donors (Lipinski definition) is 1. The number of nitrogens with zero attached hydrogens (tertiary/aromatic N) is 1. The molecular weight excluding hydrogens is 172 g/mol. The Bertz CT molecular complexity index is 147. The molecular formula is C12H26N2. The van der Waals surface area contributed by atoms with Crippen LogP contribution < -0.4 is 5.32 Å². The summed E-state index contributed by atoms with van der Waals surface area (Å²) in [6.07, 6.45) is 5.41. The van der Waals surface area contributed by atoms with Gasteiger partial charge in [-0.25, -0.2) is 0 Å². The molecule has 1 aliphatic heterocycles. The molecule has 2 atom stereocenters. The molecule has 0 saturated carbocycles. The van der Waals surface area contributed by atoms with E-state index in [1.165, 1.54) is 45.3 Å². The van der Waals surface area contributed by atoms with Crippen LogP contribution in [0.15, 0.2) is 0 Å². The van der Waals surface area contributed by atoms with Gasteiger partial charge >= 0.3 is 0 Å². The van der Waals surface area contributed by atoms with Gasteiger partial charge in [0, 0.05) is 12.6 Å². The van der Waals surface area contributed by atoms with Crippen molar-refractivity contribution in [3.8, 4) is 0 Å². The molecule has 0 aromatic heterocycles. The van der Waals surface area contributed by atoms with Gasteiger partial charge in [0.15, 0.2) is 0 Å². The Hall–Kier alpha value is -0.0800. The molecule has 1 saturated heterocycles. The number of likely N-dealkylation sites (N-methyl/N-ethyl adjacent to an activating group) is 1. The number of unbranched alkanes of at least 4 members (excludes halogenated alkanes) is 2. The molecule has 84 valence electrons. The summed E-state index contributed by atoms with van der Waals surface area (Å²) in [4.78, 5) is 2.48. The van der Waals surface area contributed by atoms with Crippen molar-refractivity contribution in [3.05, 3.63) is 0 Å². The highest BCUT2D eigenvalue weighted by Gasteiger charge is 2.23. The molecule has 1 N–H and O–H groups in total. The lowest BCUT2D eigenvalue weighted by Gasteiger charge is -2.23. The van der Waals surface area contributed by atoms with Gasteiger partial charge in [0.05, 0.1) is 0 Å². The van der Waals surface area contributed by atoms with Crippen LogP contribution in [0.2, 0.25) is 0 Å². The van der Waals surface area contributed by atoms with Crippen LogP contribution in [0.3, 0.4) is 0 Å². The molecule has 0 aromatic carbocycles. The second-order valence-electron chi connectivity index (χ2n) is 4.80. The van der Waals surface area contributed by atoms with Crippen molar-refractivity contribution in [1.29, 1.82) is 0 Å². The summed E-state index contributed by atoms with van der Waals surface area (Å²) in [5.41, 5.74) is 0. The van der Waals surface area contributed by atoms with Crippen molar-refractivity contribution >= 4 is 0 Å². The van der Waals surface area contributed by atoms with E-state index in [4.69, 9.17) is 0 Å². The highest BCUT2D eigenvalue weighted by Crippen LogP contribution is 2.15. The summed E-state index contributed by atoms with van der Waals surface area (Å²) in [6, 6.07) is 0.738. The van der Waals surface area contributed by atoms with Crippen LogP contribution in [0, 0.1) is 5.92 Å². The standard InChI is InChI=1S/C12H26N2/c1-4-5-6-9-14(3)10-12-11(2)7-8-13-12/h11-13H,4-10H2,1-3H3. The van der Waals surface area contributed by atoms with Crippen LogP contribution in [0.5, 0.6) is 0 Å². The Morgan fingerprint density at radius 2 is 2.14 bits per heavy atom. The van der Waals surface area contributed by atoms with Gasteiger partial charge in [0.25, 0.3) is 0 Å². The zero-order valence-electron chi connectivity index (χ0n) is 10.1. The Kier molecular flexibility index (Phi) is 5.49. The molecule has 0 aliphatic carbocycles. The fourth-order valence-electron chi connectivity index (χ4n) is 2.20. The van der Waals surface area contributed by atoms with E-state index in [0.29, 0.717) is 0 Å². The summed E-state index contributed by atoms with van der Waals surface area (Å²) >= 11 is 0. The molecule has 2 nitrogen and oxygen atoms in total. The molecule has 14 heavy (non-hydrogen) atoms. The fourth-order valence-corrected chi connectivity index (χ4v) is 2.20. The minimum Gasteiger partial charge on any atom is -0.312 e. The molecule has 0 aromatic rings. The Labute approximate surface area is 89.1 Å². The van der Waals surface area contributed by atoms with E-state index in [2.05, 4.69) is 31.1 Å². The molecule has 0 radical (unpaired) electrons. The molecule has 1 rings (SSSR count). The smallest absolute Gasteiger partial charge is 0.0220 e. The van der Waals surface area contributed by atoms with Crippen molar-refractivity contribution in [2.45, 2.75) is 45.6 Å². The fraction of sp³-hybridized carbons (Fsp3) is 1.00. The molecule has 1 aliphatic rings. The first-order chi connectivity index (χ1) is 6.74. The van der Waals surface area contributed by atoms with Crippen molar-refractivity contribution in [2.24, 2.45) is 5.92 Å². The van der Waals surface area contributed by atoms with Crippen LogP contribution in [0.4, 0.5) is 0 Å². The van der Waals surface area contributed by atoms with Gasteiger partial charge in [-0.2, -0.15) is 0 Å². The van der Waals surface area contributed by atoms with Crippen molar-refractivity contribution < 1.29 is 0 Å². The Morgan fingerprint density at radius 1 is 1.36 bits per heavy atom. The largest absolute Gasteiger partial charge is 0.312 e. The highest BCUT2D eigenvalue weighted by atomic mass is 15.1. The summed E-state index contributed by atoms with van der Waals surface area (Å²) in [6.45, 7) is 8.34. The topological polar surface area (TPSA) is 15.3 Å². The van der Waals surface area contributed by atoms with Crippen LogP contribution in [0.25, 0.3) is 0 Å². The van der Waals surface area contributed by atoms with E-state index in [0.717, 1.165) is 12.0 Å². The predicted molar refractivity (Wildman–Crippen MR) is 62.6 cm³/mol. The van der Waals surface area contributed by atoms with E-state index in [-0.39, 0.29) is 0 Å². The third kappa shape index (κ3) is 3.97. The molecule has 0 spiro atoms. The minimum atomic E-state index is 0.738.